The Bertz CT molecular complexity index is 580. The molecule has 1 unspecified atom stereocenters. The minimum atomic E-state index is -0.846. The summed E-state index contributed by atoms with van der Waals surface area (Å²) in [5.74, 6) is 1.73. The first-order chi connectivity index (χ1) is 8.63. The zero-order chi connectivity index (χ0) is 13.1. The number of rotatable bonds is 5. The van der Waals surface area contributed by atoms with Crippen LogP contribution in [0.25, 0.3) is 11.0 Å². The number of nitrogens with two attached hydrogens (primary N) is 1. The lowest BCUT2D eigenvalue weighted by Gasteiger charge is -2.06. The van der Waals surface area contributed by atoms with Gasteiger partial charge in [0.2, 0.25) is 5.95 Å². The molecule has 2 N–H and O–H groups in total. The Hall–Kier alpha value is -1.56. The second-order valence-electron chi connectivity index (χ2n) is 3.96. The third-order valence-corrected chi connectivity index (χ3v) is 3.43. The van der Waals surface area contributed by atoms with Gasteiger partial charge in [-0.2, -0.15) is 0 Å². The van der Waals surface area contributed by atoms with E-state index in [2.05, 4.69) is 4.98 Å². The van der Waals surface area contributed by atoms with Gasteiger partial charge in [0.05, 0.1) is 12.1 Å². The third-order valence-electron chi connectivity index (χ3n) is 2.67. The van der Waals surface area contributed by atoms with E-state index in [0.717, 1.165) is 16.8 Å². The topological polar surface area (TPSA) is 70.1 Å². The molecule has 2 rings (SSSR count). The van der Waals surface area contributed by atoms with E-state index in [9.17, 15) is 4.21 Å². The van der Waals surface area contributed by atoms with E-state index in [1.54, 1.807) is 6.26 Å². The number of aryl methyl sites for hydroxylation is 1. The molecule has 6 heteroatoms. The van der Waals surface area contributed by atoms with Crippen molar-refractivity contribution in [2.45, 2.75) is 13.5 Å². The predicted molar refractivity (Wildman–Crippen MR) is 74.2 cm³/mol. The van der Waals surface area contributed by atoms with Gasteiger partial charge < -0.3 is 15.0 Å². The van der Waals surface area contributed by atoms with Crippen molar-refractivity contribution in [1.29, 1.82) is 0 Å². The molecule has 0 amide bonds. The summed E-state index contributed by atoms with van der Waals surface area (Å²) in [7, 11) is -0.846. The fourth-order valence-corrected chi connectivity index (χ4v) is 2.31. The van der Waals surface area contributed by atoms with Gasteiger partial charge in [-0.3, -0.25) is 4.21 Å². The van der Waals surface area contributed by atoms with Gasteiger partial charge in [-0.25, -0.2) is 4.98 Å². The summed E-state index contributed by atoms with van der Waals surface area (Å²) in [5, 5.41) is 0. The number of benzene rings is 1. The van der Waals surface area contributed by atoms with Crippen molar-refractivity contribution in [3.05, 3.63) is 18.2 Å². The summed E-state index contributed by atoms with van der Waals surface area (Å²) in [6, 6.07) is 5.73. The summed E-state index contributed by atoms with van der Waals surface area (Å²) in [4.78, 5) is 4.33. The lowest BCUT2D eigenvalue weighted by Crippen LogP contribution is -2.09. The van der Waals surface area contributed by atoms with Crippen LogP contribution in [0, 0.1) is 0 Å². The highest BCUT2D eigenvalue weighted by atomic mass is 32.2. The molecule has 0 radical (unpaired) electrons. The summed E-state index contributed by atoms with van der Waals surface area (Å²) >= 11 is 0. The van der Waals surface area contributed by atoms with Crippen LogP contribution in [0.3, 0.4) is 0 Å². The van der Waals surface area contributed by atoms with Crippen molar-refractivity contribution in [1.82, 2.24) is 9.55 Å². The fourth-order valence-electron chi connectivity index (χ4n) is 1.87. The van der Waals surface area contributed by atoms with Gasteiger partial charge >= 0.3 is 0 Å². The molecule has 0 spiro atoms. The largest absolute Gasteiger partial charge is 0.492 e. The van der Waals surface area contributed by atoms with Crippen molar-refractivity contribution in [3.63, 3.8) is 0 Å². The maximum Gasteiger partial charge on any atom is 0.201 e. The zero-order valence-corrected chi connectivity index (χ0v) is 11.4. The van der Waals surface area contributed by atoms with Gasteiger partial charge in [-0.1, -0.05) is 6.07 Å². The Balaban J connectivity index is 2.44. The number of para-hydroxylation sites is 1. The minimum absolute atomic E-state index is 0.433. The summed E-state index contributed by atoms with van der Waals surface area (Å²) in [6.07, 6.45) is 1.68. The number of hydrogen-bond donors (Lipinski definition) is 1. The molecule has 0 saturated carbocycles. The number of ether oxygens (including phenoxy) is 1. The van der Waals surface area contributed by atoms with Gasteiger partial charge in [0.1, 0.15) is 11.3 Å². The van der Waals surface area contributed by atoms with Crippen LogP contribution in [-0.4, -0.2) is 32.4 Å². The maximum atomic E-state index is 11.2. The normalized spacial score (nSPS) is 12.8. The number of nitrogen functional groups attached to an aromatic ring is 1. The zero-order valence-electron chi connectivity index (χ0n) is 10.5. The molecular weight excluding hydrogens is 250 g/mol. The third kappa shape index (κ3) is 2.48. The molecule has 1 aromatic carbocycles. The van der Waals surface area contributed by atoms with Crippen LogP contribution >= 0.6 is 0 Å². The molecule has 0 saturated heterocycles. The van der Waals surface area contributed by atoms with Gasteiger partial charge in [-0.15, -0.1) is 0 Å². The van der Waals surface area contributed by atoms with Crippen molar-refractivity contribution >= 4 is 27.8 Å². The number of hydrogen-bond acceptors (Lipinski definition) is 4. The van der Waals surface area contributed by atoms with Crippen LogP contribution in [0.1, 0.15) is 6.92 Å². The van der Waals surface area contributed by atoms with Crippen molar-refractivity contribution in [3.8, 4) is 5.75 Å². The molecule has 0 fully saturated rings. The summed E-state index contributed by atoms with van der Waals surface area (Å²) in [5.41, 5.74) is 7.58. The van der Waals surface area contributed by atoms with Crippen molar-refractivity contribution < 1.29 is 8.95 Å². The Kier molecular flexibility index (Phi) is 3.86. The highest BCUT2D eigenvalue weighted by Gasteiger charge is 2.12. The average molecular weight is 267 g/mol. The van der Waals surface area contributed by atoms with E-state index in [1.807, 2.05) is 29.7 Å². The van der Waals surface area contributed by atoms with Crippen LogP contribution in [0.2, 0.25) is 0 Å². The average Bonchev–Trinajstić information content (AvgIpc) is 2.64. The number of nitrogens with zero attached hydrogens (tertiary/aromatic N) is 2. The van der Waals surface area contributed by atoms with Crippen LogP contribution in [0.5, 0.6) is 5.75 Å². The van der Waals surface area contributed by atoms with E-state index < -0.39 is 10.8 Å². The van der Waals surface area contributed by atoms with Gasteiger partial charge in [0.15, 0.2) is 0 Å². The van der Waals surface area contributed by atoms with Crippen LogP contribution in [0.15, 0.2) is 18.2 Å². The Morgan fingerprint density at radius 3 is 2.94 bits per heavy atom. The molecular formula is C12H17N3O2S. The minimum Gasteiger partial charge on any atom is -0.492 e. The molecule has 0 aliphatic carbocycles. The van der Waals surface area contributed by atoms with Crippen molar-refractivity contribution in [2.75, 3.05) is 24.3 Å². The van der Waals surface area contributed by atoms with Crippen LogP contribution in [0.4, 0.5) is 5.95 Å². The van der Waals surface area contributed by atoms with E-state index in [-0.39, 0.29) is 0 Å². The number of aromatic nitrogens is 2. The quantitative estimate of drug-likeness (QED) is 0.889. The summed E-state index contributed by atoms with van der Waals surface area (Å²) < 4.78 is 18.6. The smallest absolute Gasteiger partial charge is 0.201 e. The fraction of sp³-hybridized carbons (Fsp3) is 0.417. The number of imidazole rings is 1. The second-order valence-corrected chi connectivity index (χ2v) is 5.51. The first-order valence-electron chi connectivity index (χ1n) is 5.81. The van der Waals surface area contributed by atoms with E-state index in [0.29, 0.717) is 24.9 Å². The van der Waals surface area contributed by atoms with Crippen LogP contribution < -0.4 is 10.5 Å². The van der Waals surface area contributed by atoms with Gasteiger partial charge in [0, 0.05) is 29.4 Å². The molecule has 0 aliphatic heterocycles. The van der Waals surface area contributed by atoms with E-state index in [4.69, 9.17) is 10.5 Å². The van der Waals surface area contributed by atoms with E-state index >= 15 is 0 Å². The Labute approximate surface area is 108 Å². The maximum absolute atomic E-state index is 11.2. The predicted octanol–water partition coefficient (Wildman–Crippen LogP) is 1.40. The molecule has 0 bridgehead atoms. The first kappa shape index (κ1) is 12.9. The van der Waals surface area contributed by atoms with E-state index in [1.165, 1.54) is 0 Å². The first-order valence-corrected chi connectivity index (χ1v) is 7.53. The molecule has 1 heterocycles. The second kappa shape index (κ2) is 5.39. The lowest BCUT2D eigenvalue weighted by atomic mass is 10.3. The highest BCUT2D eigenvalue weighted by Crippen LogP contribution is 2.26. The molecule has 0 aliphatic rings. The number of anilines is 1. The number of fused-ring (bicyclic) bond motifs is 1. The van der Waals surface area contributed by atoms with Crippen molar-refractivity contribution in [2.24, 2.45) is 0 Å². The molecule has 98 valence electrons. The molecule has 5 nitrogen and oxygen atoms in total. The molecule has 1 atom stereocenters. The van der Waals surface area contributed by atoms with Gasteiger partial charge in [0.25, 0.3) is 0 Å². The van der Waals surface area contributed by atoms with Crippen LogP contribution in [-0.2, 0) is 17.3 Å². The molecule has 2 aromatic rings. The molecule has 1 aromatic heterocycles. The monoisotopic (exact) mass is 267 g/mol. The lowest BCUT2D eigenvalue weighted by molar-refractivity contribution is 0.343. The Morgan fingerprint density at radius 1 is 1.50 bits per heavy atom. The molecule has 18 heavy (non-hydrogen) atoms. The highest BCUT2D eigenvalue weighted by molar-refractivity contribution is 7.84. The van der Waals surface area contributed by atoms with Gasteiger partial charge in [-0.05, 0) is 19.1 Å². The Morgan fingerprint density at radius 2 is 2.28 bits per heavy atom. The summed E-state index contributed by atoms with van der Waals surface area (Å²) in [6.45, 7) is 3.12. The SMILES string of the molecule is CCOc1cccc2c1nc(N)n2CCS(C)=O. The standard InChI is InChI=1S/C12H17N3O2S/c1-3-17-10-6-4-5-9-11(10)14-12(13)15(9)7-8-18(2)16/h4-6H,3,7-8H2,1-2H3,(H2,13,14).